The molecule has 0 heterocycles. The Morgan fingerprint density at radius 2 is 1.69 bits per heavy atom. The zero-order chi connectivity index (χ0) is 19.2. The molecule has 4 aliphatic carbocycles. The molecule has 0 aromatic heterocycles. The highest BCUT2D eigenvalue weighted by Crippen LogP contribution is 2.40. The van der Waals surface area contributed by atoms with Crippen molar-refractivity contribution in [2.24, 2.45) is 17.8 Å². The molecule has 0 saturated heterocycles. The fourth-order valence-corrected chi connectivity index (χ4v) is 3.20. The van der Waals surface area contributed by atoms with Crippen molar-refractivity contribution < 1.29 is 19.1 Å². The normalized spacial score (nSPS) is 24.5. The van der Waals surface area contributed by atoms with Gasteiger partial charge in [0.2, 0.25) is 0 Å². The summed E-state index contributed by atoms with van der Waals surface area (Å²) in [6, 6.07) is 0. The SMILES string of the molecule is C1=CCCC=C1.C=CC(=O)OCC.CCOC(=O)C1CC2C=CC1CC2. The highest BCUT2D eigenvalue weighted by atomic mass is 16.5. The van der Waals surface area contributed by atoms with Gasteiger partial charge in [0.05, 0.1) is 19.1 Å². The van der Waals surface area contributed by atoms with Gasteiger partial charge in [0.15, 0.2) is 0 Å². The highest BCUT2D eigenvalue weighted by molar-refractivity contribution is 5.81. The molecule has 1 saturated carbocycles. The molecule has 2 bridgehead atoms. The summed E-state index contributed by atoms with van der Waals surface area (Å²) in [5, 5.41) is 0. The molecule has 0 aliphatic heterocycles. The molecule has 144 valence electrons. The number of allylic oxidation sites excluding steroid dienone is 6. The second kappa shape index (κ2) is 13.2. The van der Waals surface area contributed by atoms with E-state index in [0.29, 0.717) is 25.0 Å². The zero-order valence-corrected chi connectivity index (χ0v) is 16.1. The third-order valence-electron chi connectivity index (χ3n) is 4.50. The first-order chi connectivity index (χ1) is 12.6. The summed E-state index contributed by atoms with van der Waals surface area (Å²) in [5.74, 6) is 0.913. The Morgan fingerprint density at radius 3 is 2.00 bits per heavy atom. The van der Waals surface area contributed by atoms with Crippen molar-refractivity contribution in [3.8, 4) is 0 Å². The second-order valence-electron chi connectivity index (χ2n) is 6.37. The summed E-state index contributed by atoms with van der Waals surface area (Å²) in [7, 11) is 0. The van der Waals surface area contributed by atoms with E-state index in [1.807, 2.05) is 6.92 Å². The number of hydrogen-bond donors (Lipinski definition) is 0. The van der Waals surface area contributed by atoms with Crippen molar-refractivity contribution in [1.82, 2.24) is 0 Å². The van der Waals surface area contributed by atoms with Crippen LogP contribution in [0.1, 0.15) is 46.0 Å². The predicted molar refractivity (Wildman–Crippen MR) is 104 cm³/mol. The van der Waals surface area contributed by atoms with Gasteiger partial charge in [-0.3, -0.25) is 4.79 Å². The van der Waals surface area contributed by atoms with E-state index in [4.69, 9.17) is 4.74 Å². The third-order valence-corrected chi connectivity index (χ3v) is 4.50. The van der Waals surface area contributed by atoms with Crippen molar-refractivity contribution in [1.29, 1.82) is 0 Å². The van der Waals surface area contributed by atoms with Crippen LogP contribution in [0.4, 0.5) is 0 Å². The minimum atomic E-state index is -0.359. The quantitative estimate of drug-likeness (QED) is 0.411. The van der Waals surface area contributed by atoms with Crippen LogP contribution in [-0.4, -0.2) is 25.2 Å². The smallest absolute Gasteiger partial charge is 0.330 e. The standard InChI is InChI=1S/C11H16O2.C6H8.C5H8O2/c1-2-13-11(12)10-7-8-3-5-9(10)6-4-8;1-2-4-6-5-3-1;1-3-5(6)7-4-2/h3,5,8-10H,2,4,6-7H2,1H3;1-4H,5-6H2;3H,1,4H2,2H3. The van der Waals surface area contributed by atoms with Crippen LogP contribution in [0.15, 0.2) is 49.1 Å². The lowest BCUT2D eigenvalue weighted by Gasteiger charge is -2.36. The summed E-state index contributed by atoms with van der Waals surface area (Å²) in [6.45, 7) is 7.76. The average molecular weight is 360 g/mol. The molecular weight excluding hydrogens is 328 g/mol. The maximum atomic E-state index is 11.5. The number of carbonyl (C=O) groups is 2. The Hall–Kier alpha value is -2.10. The molecule has 3 unspecified atom stereocenters. The molecule has 3 atom stereocenters. The number of hydrogen-bond acceptors (Lipinski definition) is 4. The monoisotopic (exact) mass is 360 g/mol. The van der Waals surface area contributed by atoms with Gasteiger partial charge in [0.25, 0.3) is 0 Å². The van der Waals surface area contributed by atoms with Crippen molar-refractivity contribution in [2.45, 2.75) is 46.0 Å². The van der Waals surface area contributed by atoms with Crippen LogP contribution in [0.5, 0.6) is 0 Å². The van der Waals surface area contributed by atoms with E-state index in [9.17, 15) is 9.59 Å². The lowest BCUT2D eigenvalue weighted by atomic mass is 9.69. The van der Waals surface area contributed by atoms with Gasteiger partial charge in [-0.1, -0.05) is 43.0 Å². The highest BCUT2D eigenvalue weighted by Gasteiger charge is 2.36. The topological polar surface area (TPSA) is 52.6 Å². The van der Waals surface area contributed by atoms with E-state index in [-0.39, 0.29) is 17.9 Å². The maximum Gasteiger partial charge on any atom is 0.330 e. The minimum absolute atomic E-state index is 0.0153. The van der Waals surface area contributed by atoms with E-state index < -0.39 is 0 Å². The molecule has 1 fully saturated rings. The summed E-state index contributed by atoms with van der Waals surface area (Å²) < 4.78 is 9.50. The van der Waals surface area contributed by atoms with Crippen LogP contribution in [0.3, 0.4) is 0 Å². The van der Waals surface area contributed by atoms with Crippen LogP contribution >= 0.6 is 0 Å². The molecule has 0 radical (unpaired) electrons. The molecule has 0 N–H and O–H groups in total. The molecule has 0 amide bonds. The summed E-state index contributed by atoms with van der Waals surface area (Å²) in [5.41, 5.74) is 0. The van der Waals surface area contributed by atoms with Crippen molar-refractivity contribution >= 4 is 11.9 Å². The van der Waals surface area contributed by atoms with Crippen LogP contribution in [0.25, 0.3) is 0 Å². The Balaban J connectivity index is 0.000000220. The number of esters is 2. The molecule has 0 aromatic rings. The van der Waals surface area contributed by atoms with E-state index in [0.717, 1.165) is 12.5 Å². The van der Waals surface area contributed by atoms with Gasteiger partial charge in [-0.2, -0.15) is 0 Å². The van der Waals surface area contributed by atoms with E-state index >= 15 is 0 Å². The largest absolute Gasteiger partial charge is 0.466 e. The van der Waals surface area contributed by atoms with Gasteiger partial charge in [-0.25, -0.2) is 4.79 Å². The molecule has 0 spiro atoms. The molecule has 4 aliphatic rings. The van der Waals surface area contributed by atoms with Gasteiger partial charge in [0, 0.05) is 6.08 Å². The Labute approximate surface area is 157 Å². The third kappa shape index (κ3) is 8.32. The summed E-state index contributed by atoms with van der Waals surface area (Å²) in [4.78, 5) is 21.6. The van der Waals surface area contributed by atoms with E-state index in [2.05, 4.69) is 47.8 Å². The molecule has 4 rings (SSSR count). The first-order valence-corrected chi connectivity index (χ1v) is 9.58. The van der Waals surface area contributed by atoms with Crippen LogP contribution in [0.2, 0.25) is 0 Å². The Kier molecular flexibility index (Phi) is 11.1. The lowest BCUT2D eigenvalue weighted by Crippen LogP contribution is -2.33. The van der Waals surface area contributed by atoms with Crippen molar-refractivity contribution in [3.05, 3.63) is 49.1 Å². The molecular formula is C22H32O4. The summed E-state index contributed by atoms with van der Waals surface area (Å²) >= 11 is 0. The lowest BCUT2D eigenvalue weighted by molar-refractivity contribution is -0.151. The van der Waals surface area contributed by atoms with Crippen LogP contribution in [-0.2, 0) is 19.1 Å². The molecule has 4 heteroatoms. The van der Waals surface area contributed by atoms with E-state index in [1.165, 1.54) is 25.7 Å². The number of carbonyl (C=O) groups excluding carboxylic acids is 2. The number of rotatable bonds is 4. The van der Waals surface area contributed by atoms with Crippen LogP contribution in [0, 0.1) is 17.8 Å². The average Bonchev–Trinajstić information content (AvgIpc) is 2.71. The minimum Gasteiger partial charge on any atom is -0.466 e. The zero-order valence-electron chi connectivity index (χ0n) is 16.1. The van der Waals surface area contributed by atoms with Crippen molar-refractivity contribution in [3.63, 3.8) is 0 Å². The first kappa shape index (κ1) is 21.9. The van der Waals surface area contributed by atoms with Gasteiger partial charge in [-0.15, -0.1) is 0 Å². The second-order valence-corrected chi connectivity index (χ2v) is 6.37. The van der Waals surface area contributed by atoms with Gasteiger partial charge >= 0.3 is 11.9 Å². The van der Waals surface area contributed by atoms with Crippen LogP contribution < -0.4 is 0 Å². The van der Waals surface area contributed by atoms with E-state index in [1.54, 1.807) is 6.92 Å². The first-order valence-electron chi connectivity index (χ1n) is 9.58. The maximum absolute atomic E-state index is 11.5. The Bertz CT molecular complexity index is 518. The Morgan fingerprint density at radius 1 is 1.04 bits per heavy atom. The van der Waals surface area contributed by atoms with Gasteiger partial charge in [-0.05, 0) is 57.8 Å². The number of fused-ring (bicyclic) bond motifs is 2. The number of ether oxygens (including phenoxy) is 2. The van der Waals surface area contributed by atoms with Crippen molar-refractivity contribution in [2.75, 3.05) is 13.2 Å². The molecule has 0 aromatic carbocycles. The predicted octanol–water partition coefficient (Wildman–Crippen LogP) is 4.78. The van der Waals surface area contributed by atoms with Gasteiger partial charge in [0.1, 0.15) is 0 Å². The van der Waals surface area contributed by atoms with Gasteiger partial charge < -0.3 is 9.47 Å². The summed E-state index contributed by atoms with van der Waals surface area (Å²) in [6.07, 6.45) is 20.1. The fourth-order valence-electron chi connectivity index (χ4n) is 3.20. The fraction of sp³-hybridized carbons (Fsp3) is 0.545. The molecule has 26 heavy (non-hydrogen) atoms. The molecule has 4 nitrogen and oxygen atoms in total.